The Labute approximate surface area is 83.3 Å². The fourth-order valence-corrected chi connectivity index (χ4v) is 1.14. The molecule has 0 aromatic carbocycles. The Morgan fingerprint density at radius 1 is 1.64 bits per heavy atom. The SMILES string of the molecule is COC(=O)c1ncc2c(Cl)[nH]nc2n1. The molecule has 2 aromatic rings. The van der Waals surface area contributed by atoms with Crippen LogP contribution in [0.3, 0.4) is 0 Å². The van der Waals surface area contributed by atoms with Crippen molar-refractivity contribution in [1.29, 1.82) is 0 Å². The number of hydrogen-bond acceptors (Lipinski definition) is 5. The zero-order valence-electron chi connectivity index (χ0n) is 7.11. The van der Waals surface area contributed by atoms with Gasteiger partial charge >= 0.3 is 5.97 Å². The van der Waals surface area contributed by atoms with Crippen LogP contribution in [0, 0.1) is 0 Å². The summed E-state index contributed by atoms with van der Waals surface area (Å²) in [6.45, 7) is 0. The molecule has 0 saturated carbocycles. The maximum atomic E-state index is 11.0. The van der Waals surface area contributed by atoms with Crippen LogP contribution in [0.5, 0.6) is 0 Å². The lowest BCUT2D eigenvalue weighted by molar-refractivity contribution is 0.0587. The number of esters is 1. The van der Waals surface area contributed by atoms with Gasteiger partial charge in [-0.15, -0.1) is 0 Å². The molecule has 2 heterocycles. The average molecular weight is 213 g/mol. The molecule has 0 atom stereocenters. The van der Waals surface area contributed by atoms with Crippen LogP contribution in [0.2, 0.25) is 5.15 Å². The summed E-state index contributed by atoms with van der Waals surface area (Å²) in [6, 6.07) is 0. The van der Waals surface area contributed by atoms with Crippen molar-refractivity contribution in [2.24, 2.45) is 0 Å². The molecule has 0 spiro atoms. The van der Waals surface area contributed by atoms with Gasteiger partial charge in [-0.2, -0.15) is 5.10 Å². The van der Waals surface area contributed by atoms with Gasteiger partial charge in [0.25, 0.3) is 0 Å². The second-order valence-corrected chi connectivity index (χ2v) is 2.84. The largest absolute Gasteiger partial charge is 0.463 e. The lowest BCUT2D eigenvalue weighted by Gasteiger charge is -1.95. The maximum Gasteiger partial charge on any atom is 0.376 e. The third-order valence-corrected chi connectivity index (χ3v) is 1.92. The molecule has 0 radical (unpaired) electrons. The molecular formula is C7H5ClN4O2. The molecule has 72 valence electrons. The highest BCUT2D eigenvalue weighted by Crippen LogP contribution is 2.17. The molecule has 2 rings (SSSR count). The lowest BCUT2D eigenvalue weighted by Crippen LogP contribution is -2.06. The highest BCUT2D eigenvalue weighted by atomic mass is 35.5. The van der Waals surface area contributed by atoms with E-state index in [1.165, 1.54) is 13.3 Å². The summed E-state index contributed by atoms with van der Waals surface area (Å²) < 4.78 is 4.46. The number of aromatic amines is 1. The molecule has 0 bridgehead atoms. The normalized spacial score (nSPS) is 10.4. The Bertz CT molecular complexity index is 495. The summed E-state index contributed by atoms with van der Waals surface area (Å²) in [4.78, 5) is 18.7. The van der Waals surface area contributed by atoms with Crippen LogP contribution < -0.4 is 0 Å². The minimum absolute atomic E-state index is 0.0387. The number of aromatic nitrogens is 4. The van der Waals surface area contributed by atoms with Gasteiger partial charge in [-0.3, -0.25) is 5.10 Å². The molecule has 0 fully saturated rings. The van der Waals surface area contributed by atoms with Crippen molar-refractivity contribution in [2.75, 3.05) is 7.11 Å². The van der Waals surface area contributed by atoms with E-state index in [-0.39, 0.29) is 5.82 Å². The molecule has 2 aromatic heterocycles. The van der Waals surface area contributed by atoms with E-state index in [4.69, 9.17) is 11.6 Å². The molecule has 14 heavy (non-hydrogen) atoms. The molecule has 6 nitrogen and oxygen atoms in total. The van der Waals surface area contributed by atoms with Crippen molar-refractivity contribution in [2.45, 2.75) is 0 Å². The summed E-state index contributed by atoms with van der Waals surface area (Å²) in [7, 11) is 1.26. The second-order valence-electron chi connectivity index (χ2n) is 2.46. The highest BCUT2D eigenvalue weighted by molar-refractivity contribution is 6.34. The number of hydrogen-bond donors (Lipinski definition) is 1. The summed E-state index contributed by atoms with van der Waals surface area (Å²) in [5.74, 6) is -0.644. The summed E-state index contributed by atoms with van der Waals surface area (Å²) in [6.07, 6.45) is 1.42. The monoisotopic (exact) mass is 212 g/mol. The lowest BCUT2D eigenvalue weighted by atomic mass is 10.4. The number of nitrogens with one attached hydrogen (secondary N) is 1. The predicted molar refractivity (Wildman–Crippen MR) is 48.0 cm³/mol. The minimum atomic E-state index is -0.606. The number of carbonyl (C=O) groups is 1. The van der Waals surface area contributed by atoms with Gasteiger partial charge in [0, 0.05) is 6.20 Å². The quantitative estimate of drug-likeness (QED) is 0.707. The van der Waals surface area contributed by atoms with E-state index in [1.54, 1.807) is 0 Å². The Hall–Kier alpha value is -1.69. The van der Waals surface area contributed by atoms with Crippen molar-refractivity contribution in [1.82, 2.24) is 20.2 Å². The Balaban J connectivity index is 2.57. The fourth-order valence-electron chi connectivity index (χ4n) is 0.965. The molecule has 0 aliphatic heterocycles. The Morgan fingerprint density at radius 2 is 2.43 bits per heavy atom. The van der Waals surface area contributed by atoms with Crippen molar-refractivity contribution in [3.05, 3.63) is 17.2 Å². The summed E-state index contributed by atoms with van der Waals surface area (Å²) >= 11 is 5.72. The first kappa shape index (κ1) is 8.89. The van der Waals surface area contributed by atoms with Crippen LogP contribution in [-0.2, 0) is 4.74 Å². The molecule has 0 aliphatic rings. The molecule has 0 saturated heterocycles. The van der Waals surface area contributed by atoms with Crippen molar-refractivity contribution >= 4 is 28.6 Å². The van der Waals surface area contributed by atoms with Crippen LogP contribution in [0.25, 0.3) is 11.0 Å². The van der Waals surface area contributed by atoms with Crippen molar-refractivity contribution < 1.29 is 9.53 Å². The minimum Gasteiger partial charge on any atom is -0.463 e. The molecule has 7 heteroatoms. The molecular weight excluding hydrogens is 208 g/mol. The number of methoxy groups -OCH3 is 1. The van der Waals surface area contributed by atoms with Crippen molar-refractivity contribution in [3.8, 4) is 0 Å². The maximum absolute atomic E-state index is 11.0. The van der Waals surface area contributed by atoms with Gasteiger partial charge in [0.05, 0.1) is 12.5 Å². The summed E-state index contributed by atoms with van der Waals surface area (Å²) in [5.41, 5.74) is 0.338. The third-order valence-electron chi connectivity index (χ3n) is 1.63. The number of rotatable bonds is 1. The molecule has 1 N–H and O–H groups in total. The fraction of sp³-hybridized carbons (Fsp3) is 0.143. The van der Waals surface area contributed by atoms with E-state index in [0.29, 0.717) is 16.2 Å². The molecule has 0 aliphatic carbocycles. The van der Waals surface area contributed by atoms with Crippen LogP contribution >= 0.6 is 11.6 Å². The number of ether oxygens (including phenoxy) is 1. The second kappa shape index (κ2) is 3.22. The third kappa shape index (κ3) is 1.29. The average Bonchev–Trinajstić information content (AvgIpc) is 2.59. The van der Waals surface area contributed by atoms with Gasteiger partial charge in [-0.05, 0) is 0 Å². The standard InChI is InChI=1S/C7H5ClN4O2/c1-14-7(13)6-9-2-3-4(8)11-12-5(3)10-6/h2H,1H3,(H,9,10,11,12). The Kier molecular flexibility index (Phi) is 2.05. The summed E-state index contributed by atoms with van der Waals surface area (Å²) in [5, 5.41) is 7.21. The predicted octanol–water partition coefficient (Wildman–Crippen LogP) is 0.793. The van der Waals surface area contributed by atoms with E-state index >= 15 is 0 Å². The van der Waals surface area contributed by atoms with E-state index in [0.717, 1.165) is 0 Å². The zero-order valence-corrected chi connectivity index (χ0v) is 7.87. The number of nitrogens with zero attached hydrogens (tertiary/aromatic N) is 3. The van der Waals surface area contributed by atoms with Gasteiger partial charge in [0.15, 0.2) is 5.65 Å². The van der Waals surface area contributed by atoms with Crippen LogP contribution in [0.4, 0.5) is 0 Å². The van der Waals surface area contributed by atoms with Gasteiger partial charge in [0.2, 0.25) is 5.82 Å². The van der Waals surface area contributed by atoms with Crippen LogP contribution in [-0.4, -0.2) is 33.2 Å². The first-order chi connectivity index (χ1) is 6.72. The van der Waals surface area contributed by atoms with Crippen LogP contribution in [0.1, 0.15) is 10.6 Å². The Morgan fingerprint density at radius 3 is 3.14 bits per heavy atom. The van der Waals surface area contributed by atoms with Gasteiger partial charge in [-0.1, -0.05) is 11.6 Å². The molecule has 0 amide bonds. The first-order valence-electron chi connectivity index (χ1n) is 3.67. The van der Waals surface area contributed by atoms with E-state index in [2.05, 4.69) is 24.9 Å². The topological polar surface area (TPSA) is 80.8 Å². The van der Waals surface area contributed by atoms with Gasteiger partial charge < -0.3 is 4.74 Å². The highest BCUT2D eigenvalue weighted by Gasteiger charge is 2.12. The van der Waals surface area contributed by atoms with E-state index in [9.17, 15) is 4.79 Å². The smallest absolute Gasteiger partial charge is 0.376 e. The molecule has 0 unspecified atom stereocenters. The number of fused-ring (bicyclic) bond motifs is 1. The van der Waals surface area contributed by atoms with Gasteiger partial charge in [0.1, 0.15) is 5.15 Å². The van der Waals surface area contributed by atoms with E-state index in [1.807, 2.05) is 0 Å². The van der Waals surface area contributed by atoms with Crippen molar-refractivity contribution in [3.63, 3.8) is 0 Å². The number of carbonyl (C=O) groups excluding carboxylic acids is 1. The number of halogens is 1. The number of H-pyrrole nitrogens is 1. The zero-order chi connectivity index (χ0) is 10.1. The van der Waals surface area contributed by atoms with E-state index < -0.39 is 5.97 Å². The van der Waals surface area contributed by atoms with Gasteiger partial charge in [-0.25, -0.2) is 14.8 Å². The van der Waals surface area contributed by atoms with Crippen LogP contribution in [0.15, 0.2) is 6.20 Å². The first-order valence-corrected chi connectivity index (χ1v) is 4.05.